The van der Waals surface area contributed by atoms with Crippen LogP contribution in [-0.4, -0.2) is 16.5 Å². The minimum Gasteiger partial charge on any atom is -0.469 e. The normalized spacial score (nSPS) is 10.2. The first-order valence-corrected chi connectivity index (χ1v) is 4.97. The second kappa shape index (κ2) is 4.79. The number of hydrogen-bond acceptors (Lipinski definition) is 4. The third-order valence-corrected chi connectivity index (χ3v) is 2.17. The Morgan fingerprint density at radius 2 is 2.20 bits per heavy atom. The van der Waals surface area contributed by atoms with Gasteiger partial charge in [0.15, 0.2) is 11.0 Å². The average molecular weight is 224 g/mol. The van der Waals surface area contributed by atoms with Crippen LogP contribution in [0.4, 0.5) is 5.82 Å². The van der Waals surface area contributed by atoms with Gasteiger partial charge in [0.2, 0.25) is 0 Å². The highest BCUT2D eigenvalue weighted by Crippen LogP contribution is 2.13. The van der Waals surface area contributed by atoms with Gasteiger partial charge in [0, 0.05) is 25.4 Å². The van der Waals surface area contributed by atoms with E-state index >= 15 is 0 Å². The molecule has 2 aromatic heterocycles. The molecule has 0 spiro atoms. The van der Waals surface area contributed by atoms with Crippen molar-refractivity contribution in [2.45, 2.75) is 6.42 Å². The minimum atomic E-state index is 0.386. The van der Waals surface area contributed by atoms with Gasteiger partial charge in [-0.2, -0.15) is 0 Å². The zero-order valence-corrected chi connectivity index (χ0v) is 8.74. The highest BCUT2D eigenvalue weighted by Gasteiger charge is 2.01. The van der Waals surface area contributed by atoms with E-state index in [4.69, 9.17) is 16.0 Å². The molecule has 0 amide bonds. The number of anilines is 1. The Kier molecular flexibility index (Phi) is 3.19. The van der Waals surface area contributed by atoms with E-state index in [2.05, 4.69) is 15.3 Å². The third-order valence-electron chi connectivity index (χ3n) is 1.90. The van der Waals surface area contributed by atoms with Crippen molar-refractivity contribution in [3.8, 4) is 0 Å². The highest BCUT2D eigenvalue weighted by atomic mass is 35.5. The van der Waals surface area contributed by atoms with E-state index in [0.29, 0.717) is 17.5 Å². The van der Waals surface area contributed by atoms with Gasteiger partial charge in [0.05, 0.1) is 6.26 Å². The van der Waals surface area contributed by atoms with Crippen molar-refractivity contribution in [1.82, 2.24) is 9.97 Å². The van der Waals surface area contributed by atoms with E-state index in [0.717, 1.165) is 12.2 Å². The number of hydrogen-bond donors (Lipinski definition) is 1. The van der Waals surface area contributed by atoms with Gasteiger partial charge in [0.1, 0.15) is 5.76 Å². The number of aromatic nitrogens is 2. The van der Waals surface area contributed by atoms with Crippen LogP contribution in [-0.2, 0) is 6.42 Å². The van der Waals surface area contributed by atoms with Crippen LogP contribution in [0.3, 0.4) is 0 Å². The van der Waals surface area contributed by atoms with E-state index in [1.807, 2.05) is 12.1 Å². The quantitative estimate of drug-likeness (QED) is 0.865. The van der Waals surface area contributed by atoms with Crippen LogP contribution in [0.5, 0.6) is 0 Å². The molecule has 0 radical (unpaired) electrons. The molecular formula is C10H10ClN3O. The lowest BCUT2D eigenvalue weighted by Crippen LogP contribution is -2.06. The first kappa shape index (κ1) is 9.98. The van der Waals surface area contributed by atoms with Crippen LogP contribution >= 0.6 is 11.6 Å². The van der Waals surface area contributed by atoms with Gasteiger partial charge in [-0.3, -0.25) is 0 Å². The second-order valence-corrected chi connectivity index (χ2v) is 3.31. The van der Waals surface area contributed by atoms with Crippen LogP contribution in [0.2, 0.25) is 5.15 Å². The van der Waals surface area contributed by atoms with E-state index in [1.54, 1.807) is 18.7 Å². The summed E-state index contributed by atoms with van der Waals surface area (Å²) in [5.74, 6) is 1.54. The Hall–Kier alpha value is -1.55. The molecule has 4 nitrogen and oxygen atoms in total. The molecule has 0 saturated heterocycles. The maximum atomic E-state index is 5.83. The summed E-state index contributed by atoms with van der Waals surface area (Å²) in [7, 11) is 0. The number of furan rings is 1. The summed E-state index contributed by atoms with van der Waals surface area (Å²) in [6.45, 7) is 0.714. The van der Waals surface area contributed by atoms with Crippen LogP contribution < -0.4 is 5.32 Å². The molecule has 2 aromatic rings. The number of nitrogens with zero attached hydrogens (tertiary/aromatic N) is 2. The van der Waals surface area contributed by atoms with Crippen molar-refractivity contribution in [3.63, 3.8) is 0 Å². The van der Waals surface area contributed by atoms with Gasteiger partial charge in [-0.05, 0) is 12.1 Å². The van der Waals surface area contributed by atoms with Gasteiger partial charge < -0.3 is 9.73 Å². The Labute approximate surface area is 92.3 Å². The number of nitrogens with one attached hydrogen (secondary N) is 1. The number of rotatable bonds is 4. The molecule has 1 N–H and O–H groups in total. The molecule has 15 heavy (non-hydrogen) atoms. The highest BCUT2D eigenvalue weighted by molar-refractivity contribution is 6.31. The lowest BCUT2D eigenvalue weighted by atomic mass is 10.3. The number of halogens is 1. The molecule has 0 aromatic carbocycles. The summed E-state index contributed by atoms with van der Waals surface area (Å²) in [6.07, 6.45) is 5.60. The van der Waals surface area contributed by atoms with Gasteiger partial charge in [-0.15, -0.1) is 0 Å². The molecule has 2 rings (SSSR count). The van der Waals surface area contributed by atoms with Gasteiger partial charge in [-0.25, -0.2) is 9.97 Å². The molecule has 0 aliphatic carbocycles. The third kappa shape index (κ3) is 2.70. The maximum absolute atomic E-state index is 5.83. The Morgan fingerprint density at radius 1 is 1.33 bits per heavy atom. The zero-order valence-electron chi connectivity index (χ0n) is 7.98. The summed E-state index contributed by atoms with van der Waals surface area (Å²) in [4.78, 5) is 7.97. The smallest absolute Gasteiger partial charge is 0.171 e. The van der Waals surface area contributed by atoms with Gasteiger partial charge >= 0.3 is 0 Å². The monoisotopic (exact) mass is 223 g/mol. The SMILES string of the molecule is Clc1nccnc1NCCc1ccco1. The largest absolute Gasteiger partial charge is 0.469 e. The first-order valence-electron chi connectivity index (χ1n) is 4.59. The molecule has 0 atom stereocenters. The lowest BCUT2D eigenvalue weighted by molar-refractivity contribution is 0.513. The van der Waals surface area contributed by atoms with E-state index in [1.165, 1.54) is 0 Å². The summed E-state index contributed by atoms with van der Waals surface area (Å²) in [5.41, 5.74) is 0. The van der Waals surface area contributed by atoms with Gasteiger partial charge in [-0.1, -0.05) is 11.6 Å². The average Bonchev–Trinajstić information content (AvgIpc) is 2.74. The minimum absolute atomic E-state index is 0.386. The standard InChI is InChI=1S/C10H10ClN3O/c11-9-10(14-6-5-12-9)13-4-3-8-2-1-7-15-8/h1-2,5-7H,3-4H2,(H,13,14). The Bertz CT molecular complexity index is 416. The fourth-order valence-corrected chi connectivity index (χ4v) is 1.37. The summed E-state index contributed by atoms with van der Waals surface area (Å²) in [5, 5.41) is 3.47. The molecule has 0 unspecified atom stereocenters. The fraction of sp³-hybridized carbons (Fsp3) is 0.200. The molecule has 5 heteroatoms. The van der Waals surface area contributed by atoms with Crippen molar-refractivity contribution >= 4 is 17.4 Å². The lowest BCUT2D eigenvalue weighted by Gasteiger charge is -2.04. The van der Waals surface area contributed by atoms with Crippen LogP contribution in [0.15, 0.2) is 35.2 Å². The second-order valence-electron chi connectivity index (χ2n) is 2.95. The molecule has 0 aliphatic rings. The predicted octanol–water partition coefficient (Wildman–Crippen LogP) is 2.38. The molecule has 0 fully saturated rings. The first-order chi connectivity index (χ1) is 7.36. The summed E-state index contributed by atoms with van der Waals surface area (Å²) >= 11 is 5.83. The topological polar surface area (TPSA) is 51.0 Å². The van der Waals surface area contributed by atoms with E-state index in [9.17, 15) is 0 Å². The summed E-state index contributed by atoms with van der Waals surface area (Å²) in [6, 6.07) is 3.80. The molecule has 2 heterocycles. The van der Waals surface area contributed by atoms with E-state index in [-0.39, 0.29) is 0 Å². The molecule has 0 aliphatic heterocycles. The molecular weight excluding hydrogens is 214 g/mol. The Morgan fingerprint density at radius 3 is 2.93 bits per heavy atom. The van der Waals surface area contributed by atoms with Crippen LogP contribution in [0, 0.1) is 0 Å². The van der Waals surface area contributed by atoms with Crippen molar-refractivity contribution in [2.24, 2.45) is 0 Å². The molecule has 0 saturated carbocycles. The fourth-order valence-electron chi connectivity index (χ4n) is 1.20. The van der Waals surface area contributed by atoms with Crippen molar-refractivity contribution in [3.05, 3.63) is 41.7 Å². The van der Waals surface area contributed by atoms with Crippen molar-refractivity contribution in [2.75, 3.05) is 11.9 Å². The van der Waals surface area contributed by atoms with Gasteiger partial charge in [0.25, 0.3) is 0 Å². The van der Waals surface area contributed by atoms with Crippen molar-refractivity contribution < 1.29 is 4.42 Å². The predicted molar refractivity (Wildman–Crippen MR) is 57.9 cm³/mol. The molecule has 0 bridgehead atoms. The van der Waals surface area contributed by atoms with Crippen molar-refractivity contribution in [1.29, 1.82) is 0 Å². The summed E-state index contributed by atoms with van der Waals surface area (Å²) < 4.78 is 5.19. The van der Waals surface area contributed by atoms with Crippen LogP contribution in [0.1, 0.15) is 5.76 Å². The van der Waals surface area contributed by atoms with E-state index < -0.39 is 0 Å². The molecule has 78 valence electrons. The van der Waals surface area contributed by atoms with Crippen LogP contribution in [0.25, 0.3) is 0 Å². The maximum Gasteiger partial charge on any atom is 0.171 e. The Balaban J connectivity index is 1.86. The zero-order chi connectivity index (χ0) is 10.5.